The van der Waals surface area contributed by atoms with Crippen molar-refractivity contribution in [1.82, 2.24) is 4.31 Å². The molecular weight excluding hydrogens is 376 g/mol. The van der Waals surface area contributed by atoms with Crippen molar-refractivity contribution in [2.75, 3.05) is 31.6 Å². The van der Waals surface area contributed by atoms with Gasteiger partial charge in [0.2, 0.25) is 10.0 Å². The molecule has 6 nitrogen and oxygen atoms in total. The van der Waals surface area contributed by atoms with Gasteiger partial charge in [0.15, 0.2) is 11.5 Å². The van der Waals surface area contributed by atoms with Crippen LogP contribution in [0, 0.1) is 6.92 Å². The van der Waals surface area contributed by atoms with E-state index in [0.29, 0.717) is 37.8 Å². The molecule has 1 saturated heterocycles. The molecule has 0 bridgehead atoms. The molecule has 0 aliphatic carbocycles. The molecule has 0 aromatic heterocycles. The Morgan fingerprint density at radius 1 is 1.00 bits per heavy atom. The molecule has 0 unspecified atom stereocenters. The third-order valence-corrected chi connectivity index (χ3v) is 7.09. The molecule has 4 rings (SSSR count). The number of hydrogen-bond acceptors (Lipinski definition) is 5. The fraction of sp³-hybridized carbons (Fsp3) is 0.429. The second-order valence-corrected chi connectivity index (χ2v) is 9.29. The van der Waals surface area contributed by atoms with E-state index in [-0.39, 0.29) is 10.9 Å². The minimum atomic E-state index is -3.54. The fourth-order valence-corrected chi connectivity index (χ4v) is 5.15. The van der Waals surface area contributed by atoms with Gasteiger partial charge >= 0.3 is 0 Å². The third-order valence-electron chi connectivity index (χ3n) is 5.20. The Hall–Kier alpha value is -2.25. The van der Waals surface area contributed by atoms with Crippen molar-refractivity contribution in [2.24, 2.45) is 0 Å². The maximum atomic E-state index is 13.1. The molecule has 0 amide bonds. The van der Waals surface area contributed by atoms with Crippen LogP contribution in [-0.2, 0) is 10.0 Å². The van der Waals surface area contributed by atoms with Gasteiger partial charge in [0.1, 0.15) is 0 Å². The predicted molar refractivity (Wildman–Crippen MR) is 109 cm³/mol. The molecule has 7 heteroatoms. The van der Waals surface area contributed by atoms with Crippen LogP contribution in [0.3, 0.4) is 0 Å². The smallest absolute Gasteiger partial charge is 0.243 e. The van der Waals surface area contributed by atoms with Crippen LogP contribution in [0.1, 0.15) is 24.8 Å². The molecule has 2 aromatic rings. The summed E-state index contributed by atoms with van der Waals surface area (Å²) in [5.74, 6) is 1.12. The van der Waals surface area contributed by atoms with E-state index in [0.717, 1.165) is 24.9 Å². The Morgan fingerprint density at radius 2 is 1.75 bits per heavy atom. The van der Waals surface area contributed by atoms with Crippen molar-refractivity contribution < 1.29 is 17.9 Å². The summed E-state index contributed by atoms with van der Waals surface area (Å²) in [6.45, 7) is 4.18. The van der Waals surface area contributed by atoms with E-state index in [1.54, 1.807) is 22.5 Å². The van der Waals surface area contributed by atoms with Gasteiger partial charge in [-0.25, -0.2) is 8.42 Å². The Morgan fingerprint density at radius 3 is 2.50 bits per heavy atom. The zero-order chi connectivity index (χ0) is 19.6. The minimum Gasteiger partial charge on any atom is -0.490 e. The average Bonchev–Trinajstić information content (AvgIpc) is 2.93. The molecule has 0 spiro atoms. The number of sulfonamides is 1. The maximum Gasteiger partial charge on any atom is 0.243 e. The summed E-state index contributed by atoms with van der Waals surface area (Å²) in [4.78, 5) is 0.266. The lowest BCUT2D eigenvalue weighted by molar-refractivity contribution is 0.296. The van der Waals surface area contributed by atoms with E-state index >= 15 is 0 Å². The van der Waals surface area contributed by atoms with E-state index < -0.39 is 10.0 Å². The summed E-state index contributed by atoms with van der Waals surface area (Å²) >= 11 is 0. The Balaban J connectivity index is 1.43. The number of nitrogens with zero attached hydrogens (tertiary/aromatic N) is 1. The SMILES string of the molecule is Cc1cccc(NC2CCN(S(=O)(=O)c3ccc4c(c3)OCCCO4)CC2)c1. The Bertz CT molecular complexity index is 937. The molecule has 2 aromatic carbocycles. The number of aryl methyl sites for hydroxylation is 1. The number of anilines is 1. The van der Waals surface area contributed by atoms with Crippen LogP contribution in [-0.4, -0.2) is 45.1 Å². The molecule has 1 fully saturated rings. The molecule has 2 heterocycles. The monoisotopic (exact) mass is 402 g/mol. The van der Waals surface area contributed by atoms with Gasteiger partial charge in [-0.05, 0) is 49.6 Å². The highest BCUT2D eigenvalue weighted by molar-refractivity contribution is 7.89. The summed E-state index contributed by atoms with van der Waals surface area (Å²) in [6, 6.07) is 13.4. The fourth-order valence-electron chi connectivity index (χ4n) is 3.66. The summed E-state index contributed by atoms with van der Waals surface area (Å²) in [7, 11) is -3.54. The molecule has 2 aliphatic rings. The van der Waals surface area contributed by atoms with Crippen molar-refractivity contribution >= 4 is 15.7 Å². The Kier molecular flexibility index (Phi) is 5.46. The van der Waals surface area contributed by atoms with E-state index in [1.165, 1.54) is 5.56 Å². The number of nitrogens with one attached hydrogen (secondary N) is 1. The van der Waals surface area contributed by atoms with Gasteiger partial charge in [0, 0.05) is 37.3 Å². The second kappa shape index (κ2) is 8.01. The highest BCUT2D eigenvalue weighted by Gasteiger charge is 2.30. The first-order valence-electron chi connectivity index (χ1n) is 9.75. The topological polar surface area (TPSA) is 67.9 Å². The number of rotatable bonds is 4. The summed E-state index contributed by atoms with van der Waals surface area (Å²) in [6.07, 6.45) is 2.34. The number of benzene rings is 2. The van der Waals surface area contributed by atoms with E-state index in [2.05, 4.69) is 24.4 Å². The highest BCUT2D eigenvalue weighted by Crippen LogP contribution is 2.33. The average molecular weight is 403 g/mol. The van der Waals surface area contributed by atoms with Crippen molar-refractivity contribution in [1.29, 1.82) is 0 Å². The molecule has 1 N–H and O–H groups in total. The van der Waals surface area contributed by atoms with Gasteiger partial charge in [-0.1, -0.05) is 12.1 Å². The first kappa shape index (κ1) is 19.1. The first-order chi connectivity index (χ1) is 13.5. The quantitative estimate of drug-likeness (QED) is 0.849. The molecule has 0 atom stereocenters. The van der Waals surface area contributed by atoms with Gasteiger partial charge < -0.3 is 14.8 Å². The van der Waals surface area contributed by atoms with Crippen LogP contribution < -0.4 is 14.8 Å². The summed E-state index contributed by atoms with van der Waals surface area (Å²) in [5.41, 5.74) is 2.30. The Labute approximate surface area is 166 Å². The normalized spacial score (nSPS) is 18.5. The molecule has 0 radical (unpaired) electrons. The molecule has 28 heavy (non-hydrogen) atoms. The van der Waals surface area contributed by atoms with Crippen LogP contribution in [0.4, 0.5) is 5.69 Å². The van der Waals surface area contributed by atoms with Gasteiger partial charge in [0.25, 0.3) is 0 Å². The lowest BCUT2D eigenvalue weighted by Crippen LogP contribution is -2.42. The minimum absolute atomic E-state index is 0.266. The van der Waals surface area contributed by atoms with E-state index in [1.807, 2.05) is 12.1 Å². The van der Waals surface area contributed by atoms with E-state index in [9.17, 15) is 8.42 Å². The first-order valence-corrected chi connectivity index (χ1v) is 11.2. The van der Waals surface area contributed by atoms with Crippen molar-refractivity contribution in [3.63, 3.8) is 0 Å². The number of fused-ring (bicyclic) bond motifs is 1. The zero-order valence-electron chi connectivity index (χ0n) is 16.1. The second-order valence-electron chi connectivity index (χ2n) is 7.35. The van der Waals surface area contributed by atoms with Crippen molar-refractivity contribution in [2.45, 2.75) is 37.1 Å². The van der Waals surface area contributed by atoms with Gasteiger partial charge in [-0.15, -0.1) is 0 Å². The van der Waals surface area contributed by atoms with Gasteiger partial charge in [0.05, 0.1) is 18.1 Å². The number of ether oxygens (including phenoxy) is 2. The largest absolute Gasteiger partial charge is 0.490 e. The van der Waals surface area contributed by atoms with Crippen LogP contribution in [0.2, 0.25) is 0 Å². The highest BCUT2D eigenvalue weighted by atomic mass is 32.2. The molecular formula is C21H26N2O4S. The lowest BCUT2D eigenvalue weighted by Gasteiger charge is -2.32. The van der Waals surface area contributed by atoms with Crippen molar-refractivity contribution in [3.8, 4) is 11.5 Å². The number of piperidine rings is 1. The van der Waals surface area contributed by atoms with Crippen LogP contribution in [0.5, 0.6) is 11.5 Å². The van der Waals surface area contributed by atoms with E-state index in [4.69, 9.17) is 9.47 Å². The molecule has 150 valence electrons. The summed E-state index contributed by atoms with van der Waals surface area (Å²) < 4.78 is 39.0. The lowest BCUT2D eigenvalue weighted by atomic mass is 10.1. The van der Waals surface area contributed by atoms with Gasteiger partial charge in [-0.2, -0.15) is 4.31 Å². The standard InChI is InChI=1S/C21H26N2O4S/c1-16-4-2-5-18(14-16)22-17-8-10-23(11-9-17)28(24,25)19-6-7-20-21(15-19)27-13-3-12-26-20/h2,4-7,14-15,17,22H,3,8-13H2,1H3. The third kappa shape index (κ3) is 4.10. The van der Waals surface area contributed by atoms with Crippen LogP contribution in [0.15, 0.2) is 47.4 Å². The van der Waals surface area contributed by atoms with Crippen molar-refractivity contribution in [3.05, 3.63) is 48.0 Å². The number of hydrogen-bond donors (Lipinski definition) is 1. The van der Waals surface area contributed by atoms with Crippen LogP contribution >= 0.6 is 0 Å². The predicted octanol–water partition coefficient (Wildman–Crippen LogP) is 3.42. The maximum absolute atomic E-state index is 13.1. The summed E-state index contributed by atoms with van der Waals surface area (Å²) in [5, 5.41) is 3.52. The van der Waals surface area contributed by atoms with Gasteiger partial charge in [-0.3, -0.25) is 0 Å². The van der Waals surface area contributed by atoms with Crippen LogP contribution in [0.25, 0.3) is 0 Å². The zero-order valence-corrected chi connectivity index (χ0v) is 16.9. The molecule has 2 aliphatic heterocycles. The molecule has 0 saturated carbocycles.